The van der Waals surface area contributed by atoms with Gasteiger partial charge in [-0.1, -0.05) is 40.7 Å². The standard InChI is InChI=1S/C16H27NO.CO2/c1-11(8-12(2)16(3,4)5)9-13-6-7-15(18)14(17)10-13;2-1-3/h6-7,10-12,18H,8-9,17H2,1-5H3;/t11-,12?;/m1./s1. The van der Waals surface area contributed by atoms with Crippen molar-refractivity contribution in [3.8, 4) is 5.75 Å². The van der Waals surface area contributed by atoms with E-state index in [1.54, 1.807) is 6.07 Å². The summed E-state index contributed by atoms with van der Waals surface area (Å²) >= 11 is 0. The highest BCUT2D eigenvalue weighted by molar-refractivity contribution is 5.53. The molecule has 1 aromatic rings. The molecular formula is C17H27NO3. The first kappa shape index (κ1) is 19.2. The molecule has 0 heterocycles. The van der Waals surface area contributed by atoms with Crippen molar-refractivity contribution in [2.75, 3.05) is 5.73 Å². The Hall–Kier alpha value is -1.80. The normalized spacial score (nSPS) is 13.6. The highest BCUT2D eigenvalue weighted by atomic mass is 16.3. The van der Waals surface area contributed by atoms with Crippen LogP contribution in [0.25, 0.3) is 0 Å². The minimum Gasteiger partial charge on any atom is -0.506 e. The number of nitrogens with two attached hydrogens (primary N) is 1. The molecule has 0 amide bonds. The highest BCUT2D eigenvalue weighted by Gasteiger charge is 2.22. The lowest BCUT2D eigenvalue weighted by atomic mass is 9.76. The number of hydrogen-bond donors (Lipinski definition) is 2. The lowest BCUT2D eigenvalue weighted by Crippen LogP contribution is -2.20. The second kappa shape index (κ2) is 8.48. The first-order valence-corrected chi connectivity index (χ1v) is 7.18. The van der Waals surface area contributed by atoms with Crippen molar-refractivity contribution < 1.29 is 14.7 Å². The van der Waals surface area contributed by atoms with Crippen LogP contribution in [0.5, 0.6) is 5.75 Å². The third kappa shape index (κ3) is 7.52. The smallest absolute Gasteiger partial charge is 0.373 e. The Kier molecular flexibility index (Phi) is 7.75. The molecule has 4 nitrogen and oxygen atoms in total. The number of carbonyl (C=O) groups excluding carboxylic acids is 2. The summed E-state index contributed by atoms with van der Waals surface area (Å²) in [5.41, 5.74) is 7.76. The van der Waals surface area contributed by atoms with Crippen LogP contribution in [0.3, 0.4) is 0 Å². The van der Waals surface area contributed by atoms with Gasteiger partial charge >= 0.3 is 6.15 Å². The number of nitrogen functional groups attached to an aromatic ring is 1. The summed E-state index contributed by atoms with van der Waals surface area (Å²) in [6.07, 6.45) is 2.48. The molecular weight excluding hydrogens is 266 g/mol. The molecule has 2 atom stereocenters. The van der Waals surface area contributed by atoms with Gasteiger partial charge in [0.15, 0.2) is 0 Å². The fraction of sp³-hybridized carbons (Fsp3) is 0.588. The van der Waals surface area contributed by atoms with E-state index >= 15 is 0 Å². The molecule has 1 aromatic carbocycles. The fourth-order valence-electron chi connectivity index (χ4n) is 2.17. The molecule has 0 aliphatic carbocycles. The van der Waals surface area contributed by atoms with Gasteiger partial charge in [0.05, 0.1) is 5.69 Å². The van der Waals surface area contributed by atoms with Gasteiger partial charge in [-0.3, -0.25) is 0 Å². The van der Waals surface area contributed by atoms with Crippen molar-refractivity contribution >= 4 is 11.8 Å². The molecule has 0 saturated heterocycles. The van der Waals surface area contributed by atoms with Crippen LogP contribution in [-0.2, 0) is 16.0 Å². The van der Waals surface area contributed by atoms with Crippen LogP contribution in [0.1, 0.15) is 46.6 Å². The zero-order chi connectivity index (χ0) is 16.6. The first-order chi connectivity index (χ1) is 9.61. The van der Waals surface area contributed by atoms with Gasteiger partial charge < -0.3 is 10.8 Å². The Morgan fingerprint density at radius 1 is 1.24 bits per heavy atom. The fourth-order valence-corrected chi connectivity index (χ4v) is 2.17. The predicted octanol–water partition coefficient (Wildman–Crippen LogP) is 3.64. The molecule has 21 heavy (non-hydrogen) atoms. The molecule has 3 N–H and O–H groups in total. The van der Waals surface area contributed by atoms with Crippen molar-refractivity contribution in [1.29, 1.82) is 0 Å². The van der Waals surface area contributed by atoms with Crippen LogP contribution in [-0.4, -0.2) is 11.3 Å². The van der Waals surface area contributed by atoms with Gasteiger partial charge in [-0.2, -0.15) is 9.59 Å². The maximum Gasteiger partial charge on any atom is 0.373 e. The van der Waals surface area contributed by atoms with Gasteiger partial charge in [-0.25, -0.2) is 0 Å². The molecule has 0 bridgehead atoms. The van der Waals surface area contributed by atoms with Gasteiger partial charge in [0.25, 0.3) is 0 Å². The summed E-state index contributed by atoms with van der Waals surface area (Å²) in [7, 11) is 0. The number of benzene rings is 1. The van der Waals surface area contributed by atoms with Crippen LogP contribution in [0, 0.1) is 17.3 Å². The van der Waals surface area contributed by atoms with Crippen molar-refractivity contribution in [2.24, 2.45) is 17.3 Å². The predicted molar refractivity (Wildman–Crippen MR) is 83.6 cm³/mol. The van der Waals surface area contributed by atoms with Gasteiger partial charge in [0, 0.05) is 0 Å². The molecule has 0 spiro atoms. The summed E-state index contributed by atoms with van der Waals surface area (Å²) in [5.74, 6) is 1.50. The van der Waals surface area contributed by atoms with Crippen molar-refractivity contribution in [3.63, 3.8) is 0 Å². The molecule has 1 unspecified atom stereocenters. The molecule has 0 radical (unpaired) electrons. The number of phenols is 1. The van der Waals surface area contributed by atoms with Crippen molar-refractivity contribution in [3.05, 3.63) is 23.8 Å². The number of anilines is 1. The van der Waals surface area contributed by atoms with Crippen LogP contribution in [0.2, 0.25) is 0 Å². The Labute approximate surface area is 127 Å². The van der Waals surface area contributed by atoms with E-state index in [0.29, 0.717) is 22.9 Å². The molecule has 118 valence electrons. The summed E-state index contributed by atoms with van der Waals surface area (Å²) < 4.78 is 0. The van der Waals surface area contributed by atoms with E-state index in [2.05, 4.69) is 34.6 Å². The summed E-state index contributed by atoms with van der Waals surface area (Å²) in [4.78, 5) is 16.2. The Balaban J connectivity index is 0.00000122. The topological polar surface area (TPSA) is 80.4 Å². The van der Waals surface area contributed by atoms with Crippen LogP contribution < -0.4 is 5.73 Å². The lowest BCUT2D eigenvalue weighted by Gasteiger charge is -2.29. The number of hydrogen-bond acceptors (Lipinski definition) is 4. The number of rotatable bonds is 4. The third-order valence-electron chi connectivity index (χ3n) is 3.91. The maximum atomic E-state index is 9.40. The monoisotopic (exact) mass is 293 g/mol. The molecule has 1 rings (SSSR count). The zero-order valence-electron chi connectivity index (χ0n) is 13.6. The molecule has 4 heteroatoms. The maximum absolute atomic E-state index is 9.40. The molecule has 0 aromatic heterocycles. The van der Waals surface area contributed by atoms with Crippen molar-refractivity contribution in [2.45, 2.75) is 47.5 Å². The summed E-state index contributed by atoms with van der Waals surface area (Å²) in [5, 5.41) is 9.40. The van der Waals surface area contributed by atoms with E-state index in [1.807, 2.05) is 12.1 Å². The van der Waals surface area contributed by atoms with E-state index in [-0.39, 0.29) is 11.9 Å². The van der Waals surface area contributed by atoms with E-state index in [9.17, 15) is 5.11 Å². The van der Waals surface area contributed by atoms with E-state index in [0.717, 1.165) is 6.42 Å². The van der Waals surface area contributed by atoms with Crippen LogP contribution in [0.4, 0.5) is 5.69 Å². The van der Waals surface area contributed by atoms with Gasteiger partial charge in [-0.15, -0.1) is 0 Å². The second-order valence-corrected chi connectivity index (χ2v) is 6.79. The molecule has 0 aliphatic rings. The van der Waals surface area contributed by atoms with Gasteiger partial charge in [0.1, 0.15) is 5.75 Å². The molecule has 0 fully saturated rings. The van der Waals surface area contributed by atoms with E-state index < -0.39 is 0 Å². The van der Waals surface area contributed by atoms with E-state index in [1.165, 1.54) is 12.0 Å². The lowest BCUT2D eigenvalue weighted by molar-refractivity contribution is -0.191. The number of phenolic OH excluding ortho intramolecular Hbond substituents is 1. The summed E-state index contributed by atoms with van der Waals surface area (Å²) in [6.45, 7) is 11.5. The summed E-state index contributed by atoms with van der Waals surface area (Å²) in [6, 6.07) is 5.53. The highest BCUT2D eigenvalue weighted by Crippen LogP contribution is 2.32. The Morgan fingerprint density at radius 3 is 2.19 bits per heavy atom. The van der Waals surface area contributed by atoms with E-state index in [4.69, 9.17) is 15.3 Å². The molecule has 0 aliphatic heterocycles. The SMILES string of the molecule is CC(C[C@@H](C)Cc1ccc(O)c(N)c1)C(C)(C)C.O=C=O. The Bertz CT molecular complexity index is 471. The van der Waals surface area contributed by atoms with Crippen molar-refractivity contribution in [1.82, 2.24) is 0 Å². The Morgan fingerprint density at radius 2 is 1.76 bits per heavy atom. The molecule has 0 saturated carbocycles. The first-order valence-electron chi connectivity index (χ1n) is 7.18. The minimum absolute atomic E-state index is 0.175. The quantitative estimate of drug-likeness (QED) is 0.656. The average Bonchev–Trinajstić information content (AvgIpc) is 2.33. The minimum atomic E-state index is 0.175. The second-order valence-electron chi connectivity index (χ2n) is 6.79. The number of aromatic hydroxyl groups is 1. The largest absolute Gasteiger partial charge is 0.506 e. The average molecular weight is 293 g/mol. The van der Waals surface area contributed by atoms with Gasteiger partial charge in [0.2, 0.25) is 0 Å². The van der Waals surface area contributed by atoms with Crippen LogP contribution >= 0.6 is 0 Å². The third-order valence-corrected chi connectivity index (χ3v) is 3.91. The van der Waals surface area contributed by atoms with Crippen LogP contribution in [0.15, 0.2) is 18.2 Å². The zero-order valence-corrected chi connectivity index (χ0v) is 13.6. The van der Waals surface area contributed by atoms with Gasteiger partial charge in [-0.05, 0) is 47.8 Å².